The molecule has 0 radical (unpaired) electrons. The number of carbonyl (C=O) groups is 2. The summed E-state index contributed by atoms with van der Waals surface area (Å²) in [5.41, 5.74) is 0.527. The van der Waals surface area contributed by atoms with E-state index < -0.39 is 23.1 Å². The number of unbranched alkanes of at least 4 members (excludes halogenated alkanes) is 2. The summed E-state index contributed by atoms with van der Waals surface area (Å²) >= 11 is 4.76. The Morgan fingerprint density at radius 3 is 1.96 bits per heavy atom. The van der Waals surface area contributed by atoms with Gasteiger partial charge in [-0.25, -0.2) is 9.59 Å². The Bertz CT molecular complexity index is 403. The van der Waals surface area contributed by atoms with E-state index in [4.69, 9.17) is 31.2 Å². The summed E-state index contributed by atoms with van der Waals surface area (Å²) in [5, 5.41) is 0. The van der Waals surface area contributed by atoms with Gasteiger partial charge in [-0.1, -0.05) is 51.8 Å². The molecule has 0 amide bonds. The third kappa shape index (κ3) is 13.8. The summed E-state index contributed by atoms with van der Waals surface area (Å²) < 4.78 is 0. The van der Waals surface area contributed by atoms with Crippen LogP contribution in [-0.2, 0) is 29.1 Å². The maximum Gasteiger partial charge on any atom is 0.347 e. The minimum Gasteiger partial charge on any atom is -0.295 e. The highest BCUT2D eigenvalue weighted by molar-refractivity contribution is 6.25. The van der Waals surface area contributed by atoms with Gasteiger partial charge in [0.15, 0.2) is 0 Å². The van der Waals surface area contributed by atoms with Gasteiger partial charge in [-0.2, -0.15) is 0 Å². The van der Waals surface area contributed by atoms with Crippen LogP contribution < -0.4 is 0 Å². The third-order valence-electron chi connectivity index (χ3n) is 2.91. The summed E-state index contributed by atoms with van der Waals surface area (Å²) in [6.07, 6.45) is 3.21. The largest absolute Gasteiger partial charge is 0.347 e. The first-order valence-electron chi connectivity index (χ1n) is 8.44. The van der Waals surface area contributed by atoms with Crippen LogP contribution >= 0.6 is 11.6 Å². The molecule has 0 fully saturated rings. The molecule has 0 saturated carbocycles. The lowest BCUT2D eigenvalue weighted by atomic mass is 9.98. The van der Waals surface area contributed by atoms with Crippen molar-refractivity contribution >= 4 is 23.5 Å². The molecule has 148 valence electrons. The molecule has 0 aliphatic rings. The molecule has 0 aromatic heterocycles. The Hall–Kier alpha value is -1.11. The number of rotatable bonds is 9. The lowest BCUT2D eigenvalue weighted by Gasteiger charge is -2.27. The second-order valence-corrected chi connectivity index (χ2v) is 7.40. The Labute approximate surface area is 156 Å². The standard InChI is InChI=1S/C16H30O6.C2H3Cl/c1-8-9-10-11-16(7,21-19-13(17)12(2)3)22-20-14(18)15(4,5)6;1-2-3/h12H,8-11H2,1-7H3;2H,1H2. The lowest BCUT2D eigenvalue weighted by Crippen LogP contribution is -2.37. The summed E-state index contributed by atoms with van der Waals surface area (Å²) in [5.74, 6) is -2.67. The van der Waals surface area contributed by atoms with Crippen LogP contribution in [0.25, 0.3) is 0 Å². The Balaban J connectivity index is 0. The predicted molar refractivity (Wildman–Crippen MR) is 97.2 cm³/mol. The van der Waals surface area contributed by atoms with E-state index in [1.54, 1.807) is 41.5 Å². The molecule has 0 rings (SSSR count). The molecule has 1 atom stereocenters. The number of hydrogen-bond donors (Lipinski definition) is 0. The van der Waals surface area contributed by atoms with Crippen molar-refractivity contribution in [3.05, 3.63) is 12.1 Å². The number of halogens is 1. The van der Waals surface area contributed by atoms with E-state index in [1.807, 2.05) is 0 Å². The van der Waals surface area contributed by atoms with Crippen molar-refractivity contribution < 1.29 is 29.1 Å². The van der Waals surface area contributed by atoms with Crippen molar-refractivity contribution in [2.45, 2.75) is 79.9 Å². The first-order valence-corrected chi connectivity index (χ1v) is 8.88. The van der Waals surface area contributed by atoms with Crippen molar-refractivity contribution in [1.82, 2.24) is 0 Å². The molecule has 25 heavy (non-hydrogen) atoms. The molecule has 1 unspecified atom stereocenters. The fraction of sp³-hybridized carbons (Fsp3) is 0.778. The Morgan fingerprint density at radius 2 is 1.56 bits per heavy atom. The predicted octanol–water partition coefficient (Wildman–Crippen LogP) is 5.30. The molecule has 0 aliphatic carbocycles. The van der Waals surface area contributed by atoms with Crippen LogP contribution in [0.3, 0.4) is 0 Å². The van der Waals surface area contributed by atoms with Crippen molar-refractivity contribution in [2.24, 2.45) is 11.3 Å². The molecule has 0 aromatic carbocycles. The van der Waals surface area contributed by atoms with Gasteiger partial charge >= 0.3 is 11.9 Å². The highest BCUT2D eigenvalue weighted by Gasteiger charge is 2.35. The molecule has 0 spiro atoms. The average Bonchev–Trinajstić information content (AvgIpc) is 2.50. The molecular weight excluding hydrogens is 348 g/mol. The second kappa shape index (κ2) is 13.1. The fourth-order valence-corrected chi connectivity index (χ4v) is 1.27. The zero-order valence-corrected chi connectivity index (χ0v) is 17.3. The van der Waals surface area contributed by atoms with Gasteiger partial charge in [0.2, 0.25) is 0 Å². The zero-order valence-electron chi connectivity index (χ0n) is 16.5. The highest BCUT2D eigenvalue weighted by Crippen LogP contribution is 2.25. The fourth-order valence-electron chi connectivity index (χ4n) is 1.27. The molecule has 7 heteroatoms. The first-order chi connectivity index (χ1) is 11.4. The van der Waals surface area contributed by atoms with Gasteiger partial charge in [0.1, 0.15) is 0 Å². The first kappa shape index (κ1) is 26.1. The van der Waals surface area contributed by atoms with Crippen LogP contribution in [0, 0.1) is 11.3 Å². The number of hydrogen-bond acceptors (Lipinski definition) is 6. The van der Waals surface area contributed by atoms with Crippen LogP contribution in [0.2, 0.25) is 0 Å². The second-order valence-electron chi connectivity index (χ2n) is 7.09. The quantitative estimate of drug-likeness (QED) is 0.234. The monoisotopic (exact) mass is 380 g/mol. The van der Waals surface area contributed by atoms with Crippen molar-refractivity contribution in [1.29, 1.82) is 0 Å². The Morgan fingerprint density at radius 1 is 1.08 bits per heavy atom. The molecule has 0 aliphatic heterocycles. The number of carbonyl (C=O) groups excluding carboxylic acids is 2. The smallest absolute Gasteiger partial charge is 0.295 e. The zero-order chi connectivity index (χ0) is 20.1. The third-order valence-corrected chi connectivity index (χ3v) is 2.91. The van der Waals surface area contributed by atoms with Crippen LogP contribution in [0.15, 0.2) is 12.1 Å². The van der Waals surface area contributed by atoms with Gasteiger partial charge in [0.05, 0.1) is 11.3 Å². The van der Waals surface area contributed by atoms with E-state index in [9.17, 15) is 9.59 Å². The SMILES string of the molecule is C=CCl.CCCCCC(C)(OOC(=O)C(C)C)OOC(=O)C(C)(C)C. The lowest BCUT2D eigenvalue weighted by molar-refractivity contribution is -0.479. The summed E-state index contributed by atoms with van der Waals surface area (Å²) in [6.45, 7) is 15.3. The van der Waals surface area contributed by atoms with Gasteiger partial charge in [-0.3, -0.25) is 9.78 Å². The van der Waals surface area contributed by atoms with Crippen LogP contribution in [0.5, 0.6) is 0 Å². The highest BCUT2D eigenvalue weighted by atomic mass is 35.5. The van der Waals surface area contributed by atoms with E-state index in [-0.39, 0.29) is 5.92 Å². The van der Waals surface area contributed by atoms with Gasteiger partial charge in [0, 0.05) is 6.42 Å². The minimum atomic E-state index is -1.32. The van der Waals surface area contributed by atoms with E-state index in [2.05, 4.69) is 13.5 Å². The van der Waals surface area contributed by atoms with E-state index in [1.165, 1.54) is 5.54 Å². The van der Waals surface area contributed by atoms with Crippen molar-refractivity contribution in [3.8, 4) is 0 Å². The van der Waals surface area contributed by atoms with Gasteiger partial charge in [-0.05, 0) is 39.7 Å². The van der Waals surface area contributed by atoms with Gasteiger partial charge in [0.25, 0.3) is 5.79 Å². The van der Waals surface area contributed by atoms with E-state index in [0.717, 1.165) is 19.3 Å². The van der Waals surface area contributed by atoms with Crippen molar-refractivity contribution in [3.63, 3.8) is 0 Å². The molecule has 0 heterocycles. The van der Waals surface area contributed by atoms with Crippen LogP contribution in [-0.4, -0.2) is 17.7 Å². The summed E-state index contributed by atoms with van der Waals surface area (Å²) in [6, 6.07) is 0. The van der Waals surface area contributed by atoms with Crippen LogP contribution in [0.1, 0.15) is 74.1 Å². The Kier molecular flexibility index (Phi) is 13.7. The van der Waals surface area contributed by atoms with E-state index in [0.29, 0.717) is 6.42 Å². The summed E-state index contributed by atoms with van der Waals surface area (Å²) in [4.78, 5) is 43.1. The molecule has 0 N–H and O–H groups in total. The summed E-state index contributed by atoms with van der Waals surface area (Å²) in [7, 11) is 0. The molecular formula is C18H33ClO6. The maximum atomic E-state index is 11.8. The van der Waals surface area contributed by atoms with Crippen molar-refractivity contribution in [2.75, 3.05) is 0 Å². The molecule has 0 bridgehead atoms. The molecule has 0 saturated heterocycles. The minimum absolute atomic E-state index is 0.322. The molecule has 0 aromatic rings. The van der Waals surface area contributed by atoms with Gasteiger partial charge < -0.3 is 0 Å². The van der Waals surface area contributed by atoms with Gasteiger partial charge in [-0.15, -0.1) is 9.78 Å². The average molecular weight is 381 g/mol. The van der Waals surface area contributed by atoms with E-state index >= 15 is 0 Å². The molecule has 6 nitrogen and oxygen atoms in total. The topological polar surface area (TPSA) is 71.1 Å². The normalized spacial score (nSPS) is 13.3. The van der Waals surface area contributed by atoms with Crippen LogP contribution in [0.4, 0.5) is 0 Å². The maximum absolute atomic E-state index is 11.8.